The molecule has 2 fully saturated rings. The molecule has 1 aliphatic heterocycles. The molecule has 1 saturated carbocycles. The normalized spacial score (nSPS) is 27.0. The largest absolute Gasteiger partial charge is 0.355 e. The molecule has 0 radical (unpaired) electrons. The van der Waals surface area contributed by atoms with Crippen molar-refractivity contribution in [2.75, 3.05) is 0 Å². The highest BCUT2D eigenvalue weighted by Crippen LogP contribution is 2.53. The Balaban J connectivity index is 1.72. The molecule has 1 aromatic carbocycles. The van der Waals surface area contributed by atoms with Crippen LogP contribution in [0.25, 0.3) is 0 Å². The predicted molar refractivity (Wildman–Crippen MR) is 95.9 cm³/mol. The highest BCUT2D eigenvalue weighted by Gasteiger charge is 2.55. The summed E-state index contributed by atoms with van der Waals surface area (Å²) in [6.07, 6.45) is 12.8. The van der Waals surface area contributed by atoms with E-state index in [-0.39, 0.29) is 5.60 Å². The van der Waals surface area contributed by atoms with Gasteiger partial charge >= 0.3 is 0 Å². The molecule has 1 aliphatic carbocycles. The van der Waals surface area contributed by atoms with Crippen molar-refractivity contribution in [1.82, 2.24) is 0 Å². The molecule has 0 bridgehead atoms. The minimum Gasteiger partial charge on any atom is -0.355 e. The van der Waals surface area contributed by atoms with Crippen molar-refractivity contribution in [3.05, 3.63) is 30.3 Å². The molecule has 2 nitrogen and oxygen atoms in total. The summed E-state index contributed by atoms with van der Waals surface area (Å²) in [5.41, 5.74) is 0.0755. The second-order valence-electron chi connectivity index (χ2n) is 7.30. The fraction of sp³-hybridized carbons (Fsp3) is 0.700. The van der Waals surface area contributed by atoms with Gasteiger partial charge in [0, 0.05) is 4.90 Å². The average molecular weight is 335 g/mol. The maximum atomic E-state index is 13.3. The summed E-state index contributed by atoms with van der Waals surface area (Å²) in [6.45, 7) is 2.24. The highest BCUT2D eigenvalue weighted by molar-refractivity contribution is 7.86. The van der Waals surface area contributed by atoms with Crippen molar-refractivity contribution >= 4 is 10.8 Å². The van der Waals surface area contributed by atoms with Gasteiger partial charge in [-0.1, -0.05) is 50.8 Å². The number of hydrogen-bond donors (Lipinski definition) is 0. The maximum Gasteiger partial charge on any atom is 0.148 e. The Labute approximate surface area is 143 Å². The topological polar surface area (TPSA) is 26.3 Å². The lowest BCUT2D eigenvalue weighted by molar-refractivity contribution is -0.0959. The second-order valence-corrected chi connectivity index (χ2v) is 9.05. The number of ether oxygens (including phenoxy) is 1. The van der Waals surface area contributed by atoms with Crippen molar-refractivity contribution in [3.8, 4) is 0 Å². The SMILES string of the molecule is CCCCCCCC1(S(=O)c2ccccc2)CCCC2(CC2)O1. The third kappa shape index (κ3) is 4.06. The molecule has 1 heterocycles. The third-order valence-electron chi connectivity index (χ3n) is 5.36. The zero-order valence-corrected chi connectivity index (χ0v) is 15.2. The van der Waals surface area contributed by atoms with Gasteiger partial charge in [0.05, 0.1) is 16.4 Å². The lowest BCUT2D eigenvalue weighted by Gasteiger charge is -2.41. The molecule has 1 spiro atoms. The van der Waals surface area contributed by atoms with Crippen LogP contribution in [0.5, 0.6) is 0 Å². The minimum atomic E-state index is -1.06. The van der Waals surface area contributed by atoms with E-state index in [1.54, 1.807) is 0 Å². The third-order valence-corrected chi connectivity index (χ3v) is 7.22. The van der Waals surface area contributed by atoms with Crippen molar-refractivity contribution < 1.29 is 8.95 Å². The lowest BCUT2D eigenvalue weighted by Crippen LogP contribution is -2.45. The molecule has 0 aromatic heterocycles. The fourth-order valence-corrected chi connectivity index (χ4v) is 5.57. The summed E-state index contributed by atoms with van der Waals surface area (Å²) < 4.78 is 19.9. The van der Waals surface area contributed by atoms with Gasteiger partial charge in [-0.3, -0.25) is 4.21 Å². The minimum absolute atomic E-state index is 0.0755. The molecule has 2 atom stereocenters. The second kappa shape index (κ2) is 7.48. The van der Waals surface area contributed by atoms with Gasteiger partial charge < -0.3 is 4.74 Å². The number of hydrogen-bond acceptors (Lipinski definition) is 2. The van der Waals surface area contributed by atoms with Crippen LogP contribution in [0.3, 0.4) is 0 Å². The van der Waals surface area contributed by atoms with E-state index in [2.05, 4.69) is 6.92 Å². The van der Waals surface area contributed by atoms with Crippen molar-refractivity contribution in [2.24, 2.45) is 0 Å². The van der Waals surface area contributed by atoms with Gasteiger partial charge in [0.25, 0.3) is 0 Å². The van der Waals surface area contributed by atoms with E-state index >= 15 is 0 Å². The molecular weight excluding hydrogens is 304 g/mol. The maximum absolute atomic E-state index is 13.3. The van der Waals surface area contributed by atoms with Crippen LogP contribution in [-0.4, -0.2) is 14.7 Å². The first-order chi connectivity index (χ1) is 11.2. The van der Waals surface area contributed by atoms with E-state index in [4.69, 9.17) is 4.74 Å². The summed E-state index contributed by atoms with van der Waals surface area (Å²) in [5, 5.41) is 0. The van der Waals surface area contributed by atoms with Gasteiger partial charge in [0.2, 0.25) is 0 Å². The first-order valence-electron chi connectivity index (χ1n) is 9.37. The molecule has 3 rings (SSSR count). The molecule has 23 heavy (non-hydrogen) atoms. The summed E-state index contributed by atoms with van der Waals surface area (Å²) in [5.74, 6) is 0. The van der Waals surface area contributed by atoms with Crippen molar-refractivity contribution in [3.63, 3.8) is 0 Å². The van der Waals surface area contributed by atoms with Crippen LogP contribution in [-0.2, 0) is 15.5 Å². The van der Waals surface area contributed by atoms with E-state index < -0.39 is 15.7 Å². The predicted octanol–water partition coefficient (Wildman–Crippen LogP) is 5.58. The highest BCUT2D eigenvalue weighted by atomic mass is 32.2. The Morgan fingerprint density at radius 2 is 1.74 bits per heavy atom. The van der Waals surface area contributed by atoms with Crippen LogP contribution in [0.4, 0.5) is 0 Å². The van der Waals surface area contributed by atoms with Gasteiger partial charge in [-0.2, -0.15) is 0 Å². The van der Waals surface area contributed by atoms with Gasteiger partial charge in [0.15, 0.2) is 0 Å². The average Bonchev–Trinajstić information content (AvgIpc) is 3.33. The Morgan fingerprint density at radius 1 is 1.00 bits per heavy atom. The number of unbranched alkanes of at least 4 members (excludes halogenated alkanes) is 4. The summed E-state index contributed by atoms with van der Waals surface area (Å²) in [7, 11) is -1.06. The lowest BCUT2D eigenvalue weighted by atomic mass is 9.97. The monoisotopic (exact) mass is 334 g/mol. The van der Waals surface area contributed by atoms with Crippen LogP contribution < -0.4 is 0 Å². The van der Waals surface area contributed by atoms with Crippen molar-refractivity contribution in [2.45, 2.75) is 93.0 Å². The van der Waals surface area contributed by atoms with E-state index in [0.29, 0.717) is 0 Å². The molecule has 2 aliphatic rings. The van der Waals surface area contributed by atoms with E-state index in [0.717, 1.165) is 49.8 Å². The summed E-state index contributed by atoms with van der Waals surface area (Å²) >= 11 is 0. The van der Waals surface area contributed by atoms with Crippen LogP contribution >= 0.6 is 0 Å². The van der Waals surface area contributed by atoms with Crippen LogP contribution in [0.2, 0.25) is 0 Å². The van der Waals surface area contributed by atoms with Gasteiger partial charge in [-0.15, -0.1) is 0 Å². The zero-order chi connectivity index (χ0) is 16.2. The van der Waals surface area contributed by atoms with E-state index in [1.807, 2.05) is 30.3 Å². The first kappa shape index (κ1) is 17.2. The molecule has 2 unspecified atom stereocenters. The molecule has 3 heteroatoms. The van der Waals surface area contributed by atoms with Crippen LogP contribution in [0, 0.1) is 0 Å². The summed E-state index contributed by atoms with van der Waals surface area (Å²) in [4.78, 5) is 0.487. The first-order valence-corrected chi connectivity index (χ1v) is 10.5. The molecular formula is C20H30O2S. The van der Waals surface area contributed by atoms with E-state index in [1.165, 1.54) is 25.7 Å². The molecule has 1 saturated heterocycles. The Kier molecular flexibility index (Phi) is 5.58. The number of benzene rings is 1. The molecule has 0 N–H and O–H groups in total. The van der Waals surface area contributed by atoms with Gasteiger partial charge in [0.1, 0.15) is 4.93 Å². The Bertz CT molecular complexity index is 524. The molecule has 128 valence electrons. The molecule has 1 aromatic rings. The smallest absolute Gasteiger partial charge is 0.148 e. The fourth-order valence-electron chi connectivity index (χ4n) is 3.82. The van der Waals surface area contributed by atoms with Gasteiger partial charge in [-0.25, -0.2) is 0 Å². The number of rotatable bonds is 8. The zero-order valence-electron chi connectivity index (χ0n) is 14.4. The van der Waals surface area contributed by atoms with Crippen LogP contribution in [0.15, 0.2) is 35.2 Å². The van der Waals surface area contributed by atoms with E-state index in [9.17, 15) is 4.21 Å². The molecule has 0 amide bonds. The summed E-state index contributed by atoms with van der Waals surface area (Å²) in [6, 6.07) is 9.94. The van der Waals surface area contributed by atoms with Crippen LogP contribution in [0.1, 0.15) is 77.6 Å². The standard InChI is InChI=1S/C20H30O2S/c1-2-3-4-5-9-14-20(15-10-13-19(22-20)16-17-19)23(21)18-11-7-6-8-12-18/h6-8,11-12H,2-5,9-10,13-17H2,1H3. The Morgan fingerprint density at radius 3 is 2.43 bits per heavy atom. The quantitative estimate of drug-likeness (QED) is 0.580. The van der Waals surface area contributed by atoms with Crippen molar-refractivity contribution in [1.29, 1.82) is 0 Å². The van der Waals surface area contributed by atoms with Gasteiger partial charge in [-0.05, 0) is 57.1 Å². The Hall–Kier alpha value is -0.670.